The van der Waals surface area contributed by atoms with Gasteiger partial charge in [0.25, 0.3) is 5.91 Å². The van der Waals surface area contributed by atoms with Crippen LogP contribution in [0.4, 0.5) is 8.78 Å². The number of piperidine rings is 2. The van der Waals surface area contributed by atoms with Gasteiger partial charge in [0.2, 0.25) is 11.8 Å². The van der Waals surface area contributed by atoms with E-state index in [1.807, 2.05) is 11.9 Å². The lowest BCUT2D eigenvalue weighted by Gasteiger charge is -2.39. The molecule has 186 valence electrons. The van der Waals surface area contributed by atoms with Crippen LogP contribution in [0, 0.1) is 11.7 Å². The van der Waals surface area contributed by atoms with Gasteiger partial charge >= 0.3 is 0 Å². The number of ether oxygens (including phenoxy) is 1. The van der Waals surface area contributed by atoms with Gasteiger partial charge in [-0.15, -0.1) is 0 Å². The van der Waals surface area contributed by atoms with Crippen LogP contribution in [0.3, 0.4) is 0 Å². The molecule has 35 heavy (non-hydrogen) atoms. The van der Waals surface area contributed by atoms with Gasteiger partial charge in [-0.3, -0.25) is 14.7 Å². The number of aromatic amines is 1. The SMILES string of the molecule is COc1cc(-c2cc(C(=O)N3CC[C@H](C(=O)N=C4CN(C)CC[C@H]4F)CC34CC4)[nH]n2)c(F)cn1. The van der Waals surface area contributed by atoms with Crippen LogP contribution >= 0.6 is 0 Å². The van der Waals surface area contributed by atoms with Crippen LogP contribution in [0.1, 0.15) is 42.6 Å². The molecule has 0 aromatic carbocycles. The van der Waals surface area contributed by atoms with Crippen molar-refractivity contribution in [2.24, 2.45) is 10.9 Å². The van der Waals surface area contributed by atoms with Gasteiger partial charge in [0.15, 0.2) is 5.82 Å². The molecule has 2 aromatic rings. The number of hydrogen-bond acceptors (Lipinski definition) is 6. The number of alkyl halides is 1. The second kappa shape index (κ2) is 9.10. The van der Waals surface area contributed by atoms with Crippen LogP contribution in [-0.2, 0) is 4.79 Å². The molecule has 4 heterocycles. The number of rotatable bonds is 4. The molecule has 3 aliphatic rings. The fourth-order valence-corrected chi connectivity index (χ4v) is 5.07. The Labute approximate surface area is 201 Å². The van der Waals surface area contributed by atoms with Gasteiger partial charge in [-0.2, -0.15) is 5.10 Å². The summed E-state index contributed by atoms with van der Waals surface area (Å²) in [4.78, 5) is 37.9. The minimum atomic E-state index is -1.17. The van der Waals surface area contributed by atoms with E-state index >= 15 is 0 Å². The molecule has 2 atom stereocenters. The molecule has 2 aliphatic heterocycles. The number of halogens is 2. The van der Waals surface area contributed by atoms with E-state index in [-0.39, 0.29) is 40.6 Å². The number of carbonyl (C=O) groups is 2. The third-order valence-electron chi connectivity index (χ3n) is 7.26. The number of hydrogen-bond donors (Lipinski definition) is 1. The van der Waals surface area contributed by atoms with E-state index < -0.39 is 17.5 Å². The smallest absolute Gasteiger partial charge is 0.272 e. The van der Waals surface area contributed by atoms with Crippen LogP contribution in [0.25, 0.3) is 11.3 Å². The lowest BCUT2D eigenvalue weighted by atomic mass is 9.88. The van der Waals surface area contributed by atoms with Gasteiger partial charge in [0.1, 0.15) is 11.9 Å². The van der Waals surface area contributed by atoms with E-state index in [0.717, 1.165) is 19.0 Å². The molecule has 1 aliphatic carbocycles. The van der Waals surface area contributed by atoms with Crippen molar-refractivity contribution >= 4 is 17.5 Å². The summed E-state index contributed by atoms with van der Waals surface area (Å²) in [6.45, 7) is 1.40. The van der Waals surface area contributed by atoms with Gasteiger partial charge in [-0.25, -0.2) is 18.8 Å². The minimum absolute atomic E-state index is 0.177. The third-order valence-corrected chi connectivity index (χ3v) is 7.26. The molecule has 11 heteroatoms. The van der Waals surface area contributed by atoms with Crippen LogP contribution in [0.5, 0.6) is 5.88 Å². The number of pyridine rings is 1. The summed E-state index contributed by atoms with van der Waals surface area (Å²) in [5.74, 6) is -1.19. The first-order valence-corrected chi connectivity index (χ1v) is 11.8. The largest absolute Gasteiger partial charge is 0.481 e. The molecule has 2 saturated heterocycles. The van der Waals surface area contributed by atoms with Crippen molar-refractivity contribution in [2.45, 2.75) is 43.8 Å². The Bertz CT molecular complexity index is 1180. The Hall–Kier alpha value is -3.21. The second-order valence-corrected chi connectivity index (χ2v) is 9.68. The first kappa shape index (κ1) is 23.5. The highest BCUT2D eigenvalue weighted by atomic mass is 19.1. The minimum Gasteiger partial charge on any atom is -0.481 e. The van der Waals surface area contributed by atoms with E-state index in [4.69, 9.17) is 4.74 Å². The number of aliphatic imine (C=N–C) groups is 1. The molecule has 3 fully saturated rings. The van der Waals surface area contributed by atoms with Crippen LogP contribution in [0.15, 0.2) is 23.3 Å². The fourth-order valence-electron chi connectivity index (χ4n) is 5.07. The predicted molar refractivity (Wildman–Crippen MR) is 124 cm³/mol. The van der Waals surface area contributed by atoms with Gasteiger partial charge in [0, 0.05) is 42.7 Å². The topological polar surface area (TPSA) is 104 Å². The molecule has 9 nitrogen and oxygen atoms in total. The maximum absolute atomic E-state index is 14.3. The highest BCUT2D eigenvalue weighted by molar-refractivity contribution is 6.00. The number of aromatic nitrogens is 3. The number of amides is 2. The van der Waals surface area contributed by atoms with Gasteiger partial charge in [-0.05, 0) is 45.2 Å². The number of carbonyl (C=O) groups excluding carboxylic acids is 2. The first-order valence-electron chi connectivity index (χ1n) is 11.8. The van der Waals surface area contributed by atoms with E-state index in [2.05, 4.69) is 20.2 Å². The zero-order valence-corrected chi connectivity index (χ0v) is 19.8. The first-order chi connectivity index (χ1) is 16.8. The number of nitrogens with one attached hydrogen (secondary N) is 1. The number of nitrogens with zero attached hydrogens (tertiary/aromatic N) is 5. The quantitative estimate of drug-likeness (QED) is 0.713. The average molecular weight is 487 g/mol. The predicted octanol–water partition coefficient (Wildman–Crippen LogP) is 2.65. The summed E-state index contributed by atoms with van der Waals surface area (Å²) in [6.07, 6.45) is 2.79. The van der Waals surface area contributed by atoms with E-state index in [0.29, 0.717) is 44.6 Å². The standard InChI is InChI=1S/C24H28F2N6O3/c1-31-7-4-16(25)20(13-31)28-22(33)14-3-8-32(24(11-14)5-6-24)23(34)19-10-18(29-30-19)15-9-21(35-2)27-12-17(15)26/h9-10,12,14,16H,3-8,11,13H2,1-2H3,(H,29,30)/t14-,16+/m0/s1. The van der Waals surface area contributed by atoms with E-state index in [1.165, 1.54) is 19.2 Å². The highest BCUT2D eigenvalue weighted by Gasteiger charge is 2.54. The molecule has 1 spiro atoms. The summed E-state index contributed by atoms with van der Waals surface area (Å²) in [6, 6.07) is 2.94. The van der Waals surface area contributed by atoms with Crippen LogP contribution in [-0.4, -0.2) is 88.0 Å². The molecule has 5 rings (SSSR count). The zero-order chi connectivity index (χ0) is 24.7. The average Bonchev–Trinajstić information content (AvgIpc) is 3.42. The normalized spacial score (nSPS) is 25.1. The second-order valence-electron chi connectivity index (χ2n) is 9.68. The molecular weight excluding hydrogens is 458 g/mol. The summed E-state index contributed by atoms with van der Waals surface area (Å²) < 4.78 is 33.6. The van der Waals surface area contributed by atoms with Crippen molar-refractivity contribution in [1.29, 1.82) is 0 Å². The van der Waals surface area contributed by atoms with Crippen molar-refractivity contribution in [1.82, 2.24) is 25.0 Å². The molecule has 1 N–H and O–H groups in total. The molecule has 2 amide bonds. The number of likely N-dealkylation sites (tertiary alicyclic amines) is 2. The summed E-state index contributed by atoms with van der Waals surface area (Å²) in [5, 5.41) is 6.85. The highest BCUT2D eigenvalue weighted by Crippen LogP contribution is 2.50. The van der Waals surface area contributed by atoms with Crippen LogP contribution in [0.2, 0.25) is 0 Å². The molecule has 0 radical (unpaired) electrons. The van der Waals surface area contributed by atoms with Crippen molar-refractivity contribution < 1.29 is 23.1 Å². The summed E-state index contributed by atoms with van der Waals surface area (Å²) in [5.41, 5.74) is 0.603. The fraction of sp³-hybridized carbons (Fsp3) is 0.542. The third kappa shape index (κ3) is 4.56. The zero-order valence-electron chi connectivity index (χ0n) is 19.8. The van der Waals surface area contributed by atoms with Crippen molar-refractivity contribution in [3.63, 3.8) is 0 Å². The molecule has 0 unspecified atom stereocenters. The summed E-state index contributed by atoms with van der Waals surface area (Å²) in [7, 11) is 3.32. The summed E-state index contributed by atoms with van der Waals surface area (Å²) >= 11 is 0. The van der Waals surface area contributed by atoms with Gasteiger partial charge < -0.3 is 14.5 Å². The van der Waals surface area contributed by atoms with E-state index in [1.54, 1.807) is 4.90 Å². The Morgan fingerprint density at radius 1 is 1.26 bits per heavy atom. The number of H-pyrrole nitrogens is 1. The number of methoxy groups -OCH3 is 1. The van der Waals surface area contributed by atoms with Crippen molar-refractivity contribution in [2.75, 3.05) is 33.8 Å². The van der Waals surface area contributed by atoms with Gasteiger partial charge in [0.05, 0.1) is 24.7 Å². The Morgan fingerprint density at radius 3 is 2.80 bits per heavy atom. The van der Waals surface area contributed by atoms with Crippen molar-refractivity contribution in [3.05, 3.63) is 29.8 Å². The molecule has 2 aromatic heterocycles. The molecule has 1 saturated carbocycles. The van der Waals surface area contributed by atoms with Gasteiger partial charge in [-0.1, -0.05) is 0 Å². The monoisotopic (exact) mass is 486 g/mol. The lowest BCUT2D eigenvalue weighted by molar-refractivity contribution is -0.123. The Balaban J connectivity index is 1.29. The maximum atomic E-state index is 14.3. The van der Waals surface area contributed by atoms with Crippen molar-refractivity contribution in [3.8, 4) is 17.1 Å². The Morgan fingerprint density at radius 2 is 2.06 bits per heavy atom. The Kier molecular flexibility index (Phi) is 6.12. The lowest BCUT2D eigenvalue weighted by Crippen LogP contribution is -2.49. The molecular formula is C24H28F2N6O3. The molecule has 0 bridgehead atoms. The van der Waals surface area contributed by atoms with Crippen LogP contribution < -0.4 is 4.74 Å². The maximum Gasteiger partial charge on any atom is 0.272 e. The van der Waals surface area contributed by atoms with E-state index in [9.17, 15) is 18.4 Å².